The monoisotopic (exact) mass is 1800 g/mol. The molecule has 0 atom stereocenters. The Balaban J connectivity index is 0.000000160. The highest BCUT2D eigenvalue weighted by molar-refractivity contribution is 6.21. The molecule has 0 saturated heterocycles. The van der Waals surface area contributed by atoms with Gasteiger partial charge in [0.1, 0.15) is 0 Å². The van der Waals surface area contributed by atoms with Gasteiger partial charge in [0.25, 0.3) is 0 Å². The predicted octanol–water partition coefficient (Wildman–Crippen LogP) is 38.6. The molecule has 0 radical (unpaired) electrons. The summed E-state index contributed by atoms with van der Waals surface area (Å²) < 4.78 is 42.5. The number of para-hydroxylation sites is 3. The summed E-state index contributed by atoms with van der Waals surface area (Å²) in [4.78, 5) is 0. The topological polar surface area (TPSA) is 14.8 Å². The van der Waals surface area contributed by atoms with Crippen molar-refractivity contribution in [2.45, 2.75) is 321 Å². The summed E-state index contributed by atoms with van der Waals surface area (Å²) in [5.41, 5.74) is 38.2. The second-order valence-corrected chi connectivity index (χ2v) is 51.5. The van der Waals surface area contributed by atoms with Crippen LogP contribution in [0.1, 0.15) is 327 Å². The van der Waals surface area contributed by atoms with Crippen LogP contribution in [-0.4, -0.2) is 13.7 Å². The van der Waals surface area contributed by atoms with E-state index < -0.39 is 5.41 Å². The Bertz CT molecular complexity index is 7480. The Hall–Kier alpha value is -11.5. The van der Waals surface area contributed by atoms with E-state index in [1.807, 2.05) is 12.1 Å². The normalized spacial score (nSPS) is 13.6. The first kappa shape index (κ1) is 93.5. The van der Waals surface area contributed by atoms with Gasteiger partial charge in [0.2, 0.25) is 0 Å². The van der Waals surface area contributed by atoms with Crippen molar-refractivity contribution in [3.05, 3.63) is 351 Å². The molecule has 3 aromatic heterocycles. The molecule has 0 aliphatic carbocycles. The predicted molar refractivity (Wildman–Crippen MR) is 599 cm³/mol. The highest BCUT2D eigenvalue weighted by atomic mass is 15.0. The summed E-state index contributed by atoms with van der Waals surface area (Å²) in [6, 6.07) is 95.4. The average Bonchev–Trinajstić information content (AvgIpc) is 1.54. The summed E-state index contributed by atoms with van der Waals surface area (Å²) in [5.74, 6) is 0. The van der Waals surface area contributed by atoms with E-state index in [9.17, 15) is 0 Å². The Labute approximate surface area is 824 Å². The molecule has 0 spiro atoms. The van der Waals surface area contributed by atoms with Crippen molar-refractivity contribution >= 4 is 65.4 Å². The van der Waals surface area contributed by atoms with Gasteiger partial charge < -0.3 is 13.7 Å². The zero-order chi connectivity index (χ0) is 103. The molecular formula is C133H157N3. The standard InChI is InChI=1S/C50H61N.C43H47N.C40H49N/c1-46(2,3)34-26-32(27-35(30-34)47(4,5)6)39-22-19-23-41-43(39)44-42(51(41)38-20-17-16-18-21-38)25-24-40(45(44)50(13,14)15)33-28-36(48(7,8)9)31-37(29-33)49(10,11)12;1-28-16-14-17-29(24-28)35-22-23-37-39(40(35)43(8,9)10)38-34(20-15-21-36(38)44(37)33-18-12-11-13-19-33)30-25-31(41(2,3)4)27-32(26-30)42(5,6)7;1-37(2,3)27-23-26(24-28(25-27)38(4,5)6)30-19-16-20-32-34(30)35-33(41(32)29-17-14-13-15-18-29)22-21-31(39(7,8)9)36(35)40(10,11)12/h16-31H,1-15H3;11-27H,1-10H3;13-25H,1-12H3/i;14D,16D,17D,24D;. The lowest BCUT2D eigenvalue weighted by atomic mass is 9.73. The highest BCUT2D eigenvalue weighted by Gasteiger charge is 2.37. The molecule has 0 aliphatic rings. The van der Waals surface area contributed by atoms with E-state index in [1.165, 1.54) is 155 Å². The van der Waals surface area contributed by atoms with Crippen molar-refractivity contribution in [2.24, 2.45) is 0 Å². The van der Waals surface area contributed by atoms with Crippen molar-refractivity contribution in [3.63, 3.8) is 0 Å². The van der Waals surface area contributed by atoms with Crippen LogP contribution < -0.4 is 0 Å². The lowest BCUT2D eigenvalue weighted by Gasteiger charge is -2.31. The SMILES string of the molecule is CC(C)(C)c1cc(-c2ccc3c(c2C(C)(C)C)c2c(-c4cc(C(C)(C)C)cc(C(C)(C)C)c4)cccc2n3-c2ccccc2)cc(C(C)(C)C)c1.CC(C)(C)c1cc(-c2cccc3c2c2c(C(C)(C)C)c(C(C)(C)C)ccc2n3-c2ccccc2)cc(C(C)(C)C)c1.[2H]c1c([2H])c(C)c([2H])c(-c2ccc3c(c2C(C)(C)C)c2c(-c4cc(C(C)(C)C)cc(C(C)(C)C)c4)cccc2n3-c2ccccc2)c1[2H]. The fourth-order valence-corrected chi connectivity index (χ4v) is 20.3. The molecule has 0 amide bonds. The molecule has 136 heavy (non-hydrogen) atoms. The summed E-state index contributed by atoms with van der Waals surface area (Å²) in [7, 11) is 0. The Kier molecular flexibility index (Phi) is 24.2. The number of rotatable bonds is 8. The number of hydrogen-bond acceptors (Lipinski definition) is 0. The van der Waals surface area contributed by atoms with Crippen LogP contribution >= 0.6 is 0 Å². The van der Waals surface area contributed by atoms with Crippen LogP contribution in [0.15, 0.2) is 279 Å². The van der Waals surface area contributed by atoms with Gasteiger partial charge in [-0.1, -0.05) is 461 Å². The fourth-order valence-electron chi connectivity index (χ4n) is 20.3. The van der Waals surface area contributed by atoms with E-state index in [-0.39, 0.29) is 83.7 Å². The highest BCUT2D eigenvalue weighted by Crippen LogP contribution is 2.54. The first-order valence-electron chi connectivity index (χ1n) is 51.9. The number of benzene rings is 14. The van der Waals surface area contributed by atoms with Crippen LogP contribution in [0.3, 0.4) is 0 Å². The van der Waals surface area contributed by atoms with E-state index in [0.717, 1.165) is 44.2 Å². The number of nitrogens with zero attached hydrogens (tertiary/aromatic N) is 3. The van der Waals surface area contributed by atoms with Crippen LogP contribution in [0.5, 0.6) is 0 Å². The average molecular weight is 1800 g/mol. The van der Waals surface area contributed by atoms with Crippen molar-refractivity contribution in [2.75, 3.05) is 0 Å². The van der Waals surface area contributed by atoms with Gasteiger partial charge in [0.15, 0.2) is 0 Å². The third-order valence-electron chi connectivity index (χ3n) is 27.9. The van der Waals surface area contributed by atoms with Crippen molar-refractivity contribution in [3.8, 4) is 72.7 Å². The van der Waals surface area contributed by atoms with E-state index in [2.05, 4.69) is 506 Å². The van der Waals surface area contributed by atoms with Gasteiger partial charge in [-0.25, -0.2) is 0 Å². The van der Waals surface area contributed by atoms with Crippen molar-refractivity contribution in [1.29, 1.82) is 0 Å². The second kappa shape index (κ2) is 35.2. The van der Waals surface area contributed by atoms with Gasteiger partial charge in [-0.3, -0.25) is 0 Å². The smallest absolute Gasteiger partial charge is 0.0632 e. The van der Waals surface area contributed by atoms with Gasteiger partial charge in [-0.15, -0.1) is 0 Å². The van der Waals surface area contributed by atoms with Crippen LogP contribution in [0, 0.1) is 6.92 Å². The molecule has 17 aromatic rings. The van der Waals surface area contributed by atoms with E-state index in [1.54, 1.807) is 6.92 Å². The molecule has 0 bridgehead atoms. The molecule has 0 unspecified atom stereocenters. The second-order valence-electron chi connectivity index (χ2n) is 51.5. The third-order valence-corrected chi connectivity index (χ3v) is 27.9. The molecule has 0 N–H and O–H groups in total. The first-order valence-corrected chi connectivity index (χ1v) is 49.9. The summed E-state index contributed by atoms with van der Waals surface area (Å²) in [6.07, 6.45) is 0. The van der Waals surface area contributed by atoms with Gasteiger partial charge >= 0.3 is 0 Å². The largest absolute Gasteiger partial charge is 0.309 e. The maximum absolute atomic E-state index is 9.14. The minimum absolute atomic E-state index is 0.0223. The van der Waals surface area contributed by atoms with Gasteiger partial charge in [-0.05, 0) is 267 Å². The van der Waals surface area contributed by atoms with Gasteiger partial charge in [0.05, 0.1) is 38.6 Å². The summed E-state index contributed by atoms with van der Waals surface area (Å²) in [5, 5.41) is 7.65. The first-order chi connectivity index (χ1) is 64.7. The van der Waals surface area contributed by atoms with E-state index in [0.29, 0.717) is 11.1 Å². The lowest BCUT2D eigenvalue weighted by molar-refractivity contribution is 0.535. The third kappa shape index (κ3) is 19.6. The zero-order valence-corrected chi connectivity index (χ0v) is 89.6. The summed E-state index contributed by atoms with van der Waals surface area (Å²) in [6.45, 7) is 85.3. The Morgan fingerprint density at radius 2 is 0.426 bits per heavy atom. The fraction of sp³-hybridized carbons (Fsp3) is 0.368. The molecule has 0 saturated carbocycles. The summed E-state index contributed by atoms with van der Waals surface area (Å²) >= 11 is 0. The molecular weight excluding hydrogens is 1640 g/mol. The Morgan fingerprint density at radius 1 is 0.191 bits per heavy atom. The van der Waals surface area contributed by atoms with Crippen molar-refractivity contribution < 1.29 is 5.48 Å². The molecule has 14 aromatic carbocycles. The molecule has 17 rings (SSSR count). The number of hydrogen-bond donors (Lipinski definition) is 0. The number of fused-ring (bicyclic) bond motifs is 9. The molecule has 3 heteroatoms. The van der Waals surface area contributed by atoms with Crippen LogP contribution in [-0.2, 0) is 65.0 Å². The molecule has 3 heterocycles. The Morgan fingerprint density at radius 3 is 0.676 bits per heavy atom. The molecule has 3 nitrogen and oxygen atoms in total. The lowest BCUT2D eigenvalue weighted by Crippen LogP contribution is -2.22. The van der Waals surface area contributed by atoms with E-state index in [4.69, 9.17) is 5.48 Å². The van der Waals surface area contributed by atoms with Crippen LogP contribution in [0.2, 0.25) is 0 Å². The minimum Gasteiger partial charge on any atom is -0.309 e. The maximum Gasteiger partial charge on any atom is 0.0632 e. The zero-order valence-electron chi connectivity index (χ0n) is 93.6. The number of aromatic nitrogens is 3. The molecule has 704 valence electrons. The van der Waals surface area contributed by atoms with Crippen LogP contribution in [0.4, 0.5) is 0 Å². The van der Waals surface area contributed by atoms with Gasteiger partial charge in [0, 0.05) is 49.4 Å². The quantitative estimate of drug-likeness (QED) is 0.144. The van der Waals surface area contributed by atoms with Gasteiger partial charge in [-0.2, -0.15) is 0 Å². The van der Waals surface area contributed by atoms with Crippen LogP contribution in [0.25, 0.3) is 138 Å². The van der Waals surface area contributed by atoms with Crippen molar-refractivity contribution in [1.82, 2.24) is 13.7 Å². The molecule has 0 fully saturated rings. The van der Waals surface area contributed by atoms with E-state index >= 15 is 0 Å². The maximum atomic E-state index is 9.14. The minimum atomic E-state index is -0.393. The molecule has 0 aliphatic heterocycles.